The molecule has 0 radical (unpaired) electrons. The summed E-state index contributed by atoms with van der Waals surface area (Å²) in [5.41, 5.74) is 7.19. The second-order valence-corrected chi connectivity index (χ2v) is 10.0. The second kappa shape index (κ2) is 12.2. The largest absolute Gasteiger partial charge is 0.384 e. The number of amidine groups is 1. The van der Waals surface area contributed by atoms with Gasteiger partial charge in [0.25, 0.3) is 5.91 Å². The Morgan fingerprint density at radius 3 is 2.18 bits per heavy atom. The van der Waals surface area contributed by atoms with Crippen molar-refractivity contribution in [3.8, 4) is 11.1 Å². The first kappa shape index (κ1) is 28.1. The molecule has 0 saturated carbocycles. The van der Waals surface area contributed by atoms with E-state index in [1.807, 2.05) is 6.92 Å². The number of nitrogens with two attached hydrogens (primary N) is 1. The lowest BCUT2D eigenvalue weighted by Gasteiger charge is -2.22. The van der Waals surface area contributed by atoms with E-state index in [0.29, 0.717) is 35.2 Å². The SMILES string of the molecule is CCCCN(C(=O)Nc1ccc(C(=N)N)cc1)C(=O)c1ccc(-c2ccccc2)c(C(=O)OS(C)(=O)=O)c1. The van der Waals surface area contributed by atoms with Crippen molar-refractivity contribution in [2.24, 2.45) is 5.73 Å². The van der Waals surface area contributed by atoms with Crippen LogP contribution in [0.1, 0.15) is 46.0 Å². The third-order valence-electron chi connectivity index (χ3n) is 5.47. The number of nitrogen functional groups attached to an aromatic ring is 1. The number of anilines is 1. The summed E-state index contributed by atoms with van der Waals surface area (Å²) >= 11 is 0. The van der Waals surface area contributed by atoms with Crippen LogP contribution in [0.25, 0.3) is 11.1 Å². The molecular formula is C27H28N4O6S. The molecule has 0 saturated heterocycles. The Balaban J connectivity index is 1.97. The molecule has 10 nitrogen and oxygen atoms in total. The standard InChI is InChI=1S/C27H28N4O6S/c1-3-4-16-31(27(34)30-21-13-10-19(11-14-21)24(28)29)25(32)20-12-15-22(18-8-6-5-7-9-18)23(17-20)26(33)37-38(2,35)36/h5-15,17H,3-4,16H2,1-2H3,(H3,28,29)(H,30,34). The summed E-state index contributed by atoms with van der Waals surface area (Å²) in [4.78, 5) is 40.4. The van der Waals surface area contributed by atoms with Gasteiger partial charge in [-0.25, -0.2) is 9.59 Å². The maximum atomic E-state index is 13.5. The Kier molecular flexibility index (Phi) is 8.98. The van der Waals surface area contributed by atoms with Crippen LogP contribution < -0.4 is 11.1 Å². The summed E-state index contributed by atoms with van der Waals surface area (Å²) in [6.45, 7) is 2.02. The Morgan fingerprint density at radius 2 is 1.61 bits per heavy atom. The third kappa shape index (κ3) is 7.26. The van der Waals surface area contributed by atoms with E-state index in [4.69, 9.17) is 11.1 Å². The molecular weight excluding hydrogens is 508 g/mol. The van der Waals surface area contributed by atoms with E-state index >= 15 is 0 Å². The van der Waals surface area contributed by atoms with Crippen LogP contribution in [0.3, 0.4) is 0 Å². The number of nitrogens with one attached hydrogen (secondary N) is 2. The molecule has 11 heteroatoms. The Morgan fingerprint density at radius 1 is 0.974 bits per heavy atom. The molecule has 0 bridgehead atoms. The van der Waals surface area contributed by atoms with Crippen molar-refractivity contribution in [2.45, 2.75) is 19.8 Å². The van der Waals surface area contributed by atoms with Crippen LogP contribution in [0.5, 0.6) is 0 Å². The molecule has 0 atom stereocenters. The van der Waals surface area contributed by atoms with Crippen molar-refractivity contribution in [2.75, 3.05) is 18.1 Å². The molecule has 0 aliphatic carbocycles. The van der Waals surface area contributed by atoms with Gasteiger partial charge in [0.2, 0.25) is 0 Å². The van der Waals surface area contributed by atoms with Gasteiger partial charge in [-0.1, -0.05) is 49.7 Å². The fraction of sp³-hybridized carbons (Fsp3) is 0.185. The van der Waals surface area contributed by atoms with E-state index in [-0.39, 0.29) is 23.5 Å². The number of imide groups is 1. The van der Waals surface area contributed by atoms with Gasteiger partial charge in [0.15, 0.2) is 0 Å². The average Bonchev–Trinajstić information content (AvgIpc) is 2.88. The predicted octanol–water partition coefficient (Wildman–Crippen LogP) is 4.23. The average molecular weight is 537 g/mol. The van der Waals surface area contributed by atoms with Crippen molar-refractivity contribution in [3.63, 3.8) is 0 Å². The van der Waals surface area contributed by atoms with Crippen molar-refractivity contribution in [1.29, 1.82) is 5.41 Å². The van der Waals surface area contributed by atoms with E-state index < -0.39 is 28.0 Å². The summed E-state index contributed by atoms with van der Waals surface area (Å²) in [7, 11) is -4.12. The number of hydrogen-bond donors (Lipinski definition) is 3. The predicted molar refractivity (Wildman–Crippen MR) is 145 cm³/mol. The lowest BCUT2D eigenvalue weighted by molar-refractivity contribution is 0.0749. The molecule has 198 valence electrons. The molecule has 0 fully saturated rings. The molecule has 3 amide bonds. The van der Waals surface area contributed by atoms with Gasteiger partial charge < -0.3 is 15.2 Å². The van der Waals surface area contributed by atoms with Crippen LogP contribution in [0.4, 0.5) is 10.5 Å². The second-order valence-electron chi connectivity index (χ2n) is 8.43. The molecule has 0 aliphatic rings. The third-order valence-corrected chi connectivity index (χ3v) is 5.93. The topological polar surface area (TPSA) is 160 Å². The molecule has 3 aromatic carbocycles. The number of urea groups is 1. The van der Waals surface area contributed by atoms with Gasteiger partial charge in [0, 0.05) is 23.4 Å². The summed E-state index contributed by atoms with van der Waals surface area (Å²) in [5, 5.41) is 10.1. The fourth-order valence-corrected chi connectivity index (χ4v) is 3.95. The number of nitrogens with zero attached hydrogens (tertiary/aromatic N) is 1. The zero-order valence-corrected chi connectivity index (χ0v) is 21.7. The molecule has 0 aliphatic heterocycles. The fourth-order valence-electron chi connectivity index (χ4n) is 3.59. The molecule has 4 N–H and O–H groups in total. The molecule has 3 rings (SSSR count). The van der Waals surface area contributed by atoms with Crippen LogP contribution in [0.15, 0.2) is 72.8 Å². The first-order chi connectivity index (χ1) is 18.0. The highest BCUT2D eigenvalue weighted by Crippen LogP contribution is 2.27. The van der Waals surface area contributed by atoms with E-state index in [0.717, 1.165) is 11.2 Å². The zero-order chi connectivity index (χ0) is 27.9. The monoisotopic (exact) mass is 536 g/mol. The van der Waals surface area contributed by atoms with E-state index in [1.54, 1.807) is 54.6 Å². The van der Waals surface area contributed by atoms with Crippen LogP contribution in [0, 0.1) is 5.41 Å². The van der Waals surface area contributed by atoms with Gasteiger partial charge in [-0.05, 0) is 53.9 Å². The van der Waals surface area contributed by atoms with Crippen LogP contribution in [-0.2, 0) is 14.3 Å². The number of benzene rings is 3. The Bertz CT molecular complexity index is 1450. The van der Waals surface area contributed by atoms with Crippen molar-refractivity contribution in [3.05, 3.63) is 89.5 Å². The lowest BCUT2D eigenvalue weighted by Crippen LogP contribution is -2.40. The first-order valence-electron chi connectivity index (χ1n) is 11.7. The van der Waals surface area contributed by atoms with Gasteiger partial charge >= 0.3 is 22.1 Å². The van der Waals surface area contributed by atoms with Gasteiger partial charge in [-0.2, -0.15) is 8.42 Å². The van der Waals surface area contributed by atoms with Crippen molar-refractivity contribution >= 4 is 39.5 Å². The highest BCUT2D eigenvalue weighted by molar-refractivity contribution is 7.86. The molecule has 0 heterocycles. The van der Waals surface area contributed by atoms with Gasteiger partial charge in [0.1, 0.15) is 5.84 Å². The van der Waals surface area contributed by atoms with Crippen molar-refractivity contribution in [1.82, 2.24) is 4.90 Å². The first-order valence-corrected chi connectivity index (χ1v) is 13.5. The van der Waals surface area contributed by atoms with E-state index in [9.17, 15) is 22.8 Å². The zero-order valence-electron chi connectivity index (χ0n) is 20.9. The maximum absolute atomic E-state index is 13.5. The number of carbonyl (C=O) groups is 3. The summed E-state index contributed by atoms with van der Waals surface area (Å²) in [6, 6.07) is 18.5. The normalized spacial score (nSPS) is 10.9. The Hall–Kier alpha value is -4.51. The van der Waals surface area contributed by atoms with E-state index in [2.05, 4.69) is 9.50 Å². The highest BCUT2D eigenvalue weighted by Gasteiger charge is 2.26. The van der Waals surface area contributed by atoms with Crippen LogP contribution >= 0.6 is 0 Å². The van der Waals surface area contributed by atoms with Gasteiger partial charge in [-0.3, -0.25) is 15.1 Å². The quantitative estimate of drug-likeness (QED) is 0.210. The molecule has 0 aromatic heterocycles. The number of unbranched alkanes of at least 4 members (excludes halogenated alkanes) is 1. The highest BCUT2D eigenvalue weighted by atomic mass is 32.2. The van der Waals surface area contributed by atoms with Crippen LogP contribution in [-0.4, -0.2) is 49.9 Å². The lowest BCUT2D eigenvalue weighted by atomic mass is 9.97. The molecule has 0 unspecified atom stereocenters. The minimum Gasteiger partial charge on any atom is -0.384 e. The number of rotatable bonds is 9. The summed E-state index contributed by atoms with van der Waals surface area (Å²) < 4.78 is 27.9. The Labute approximate surface area is 221 Å². The summed E-state index contributed by atoms with van der Waals surface area (Å²) in [5.74, 6) is -1.94. The number of hydrogen-bond acceptors (Lipinski definition) is 7. The minimum atomic E-state index is -4.12. The van der Waals surface area contributed by atoms with Gasteiger partial charge in [-0.15, -0.1) is 0 Å². The molecule has 38 heavy (non-hydrogen) atoms. The smallest absolute Gasteiger partial charge is 0.354 e. The minimum absolute atomic E-state index is 0.00307. The summed E-state index contributed by atoms with van der Waals surface area (Å²) in [6.07, 6.45) is 2.00. The van der Waals surface area contributed by atoms with Gasteiger partial charge in [0.05, 0.1) is 11.8 Å². The van der Waals surface area contributed by atoms with E-state index in [1.165, 1.54) is 18.2 Å². The number of amides is 3. The van der Waals surface area contributed by atoms with Crippen molar-refractivity contribution < 1.29 is 27.0 Å². The maximum Gasteiger partial charge on any atom is 0.354 e. The van der Waals surface area contributed by atoms with Crippen LogP contribution in [0.2, 0.25) is 0 Å². The molecule has 3 aromatic rings. The molecule has 0 spiro atoms. The number of carbonyl (C=O) groups excluding carboxylic acids is 3.